The average molecular weight is 290 g/mol. The summed E-state index contributed by atoms with van der Waals surface area (Å²) in [6.07, 6.45) is 0.459. The molecule has 18 heavy (non-hydrogen) atoms. The van der Waals surface area contributed by atoms with Gasteiger partial charge in [-0.15, -0.1) is 12.4 Å². The van der Waals surface area contributed by atoms with Gasteiger partial charge in [-0.2, -0.15) is 0 Å². The van der Waals surface area contributed by atoms with E-state index >= 15 is 0 Å². The summed E-state index contributed by atoms with van der Waals surface area (Å²) in [6.45, 7) is 3.28. The Kier molecular flexibility index (Phi) is 6.02. The molecule has 7 heteroatoms. The molecule has 2 atom stereocenters. The van der Waals surface area contributed by atoms with Crippen LogP contribution in [0.2, 0.25) is 0 Å². The third-order valence-corrected chi connectivity index (χ3v) is 2.83. The Morgan fingerprint density at radius 2 is 1.22 bits per heavy atom. The normalized spacial score (nSPS) is 14.0. The number of rotatable bonds is 3. The van der Waals surface area contributed by atoms with Gasteiger partial charge in [0.05, 0.1) is 0 Å². The van der Waals surface area contributed by atoms with Gasteiger partial charge < -0.3 is 5.73 Å². The van der Waals surface area contributed by atoms with Crippen LogP contribution in [0.3, 0.4) is 0 Å². The lowest BCUT2D eigenvalue weighted by Crippen LogP contribution is -2.23. The maximum atomic E-state index is 13.3. The zero-order valence-corrected chi connectivity index (χ0v) is 10.6. The largest absolute Gasteiger partial charge is 0.324 e. The van der Waals surface area contributed by atoms with Crippen LogP contribution in [0.15, 0.2) is 0 Å². The van der Waals surface area contributed by atoms with Crippen molar-refractivity contribution in [2.45, 2.75) is 26.3 Å². The predicted octanol–water partition coefficient (Wildman–Crippen LogP) is 3.85. The van der Waals surface area contributed by atoms with Gasteiger partial charge >= 0.3 is 0 Å². The quantitative estimate of drug-likeness (QED) is 0.510. The molecule has 104 valence electrons. The van der Waals surface area contributed by atoms with E-state index in [1.807, 2.05) is 0 Å². The number of hydrogen-bond donors (Lipinski definition) is 1. The topological polar surface area (TPSA) is 26.0 Å². The van der Waals surface area contributed by atoms with Crippen molar-refractivity contribution >= 4 is 12.4 Å². The van der Waals surface area contributed by atoms with E-state index in [0.717, 1.165) is 0 Å². The maximum Gasteiger partial charge on any atom is 0.200 e. The van der Waals surface area contributed by atoms with Gasteiger partial charge in [0, 0.05) is 11.6 Å². The molecule has 0 saturated heterocycles. The minimum atomic E-state index is -2.17. The lowest BCUT2D eigenvalue weighted by atomic mass is 9.92. The smallest absolute Gasteiger partial charge is 0.200 e. The van der Waals surface area contributed by atoms with E-state index < -0.39 is 46.6 Å². The van der Waals surface area contributed by atoms with Crippen molar-refractivity contribution in [2.75, 3.05) is 0 Å². The zero-order valence-electron chi connectivity index (χ0n) is 9.74. The van der Waals surface area contributed by atoms with Gasteiger partial charge in [-0.25, -0.2) is 22.0 Å². The van der Waals surface area contributed by atoms with Gasteiger partial charge in [0.15, 0.2) is 23.3 Å². The van der Waals surface area contributed by atoms with Crippen LogP contribution in [-0.2, 0) is 0 Å². The molecule has 0 amide bonds. The Bertz CT molecular complexity index is 409. The van der Waals surface area contributed by atoms with Crippen LogP contribution >= 0.6 is 12.4 Å². The van der Waals surface area contributed by atoms with E-state index in [0.29, 0.717) is 6.42 Å². The van der Waals surface area contributed by atoms with E-state index in [-0.39, 0.29) is 12.4 Å². The van der Waals surface area contributed by atoms with Crippen LogP contribution in [0.1, 0.15) is 31.9 Å². The predicted molar refractivity (Wildman–Crippen MR) is 59.9 cm³/mol. The zero-order chi connectivity index (χ0) is 13.3. The first-order chi connectivity index (χ1) is 7.82. The fourth-order valence-electron chi connectivity index (χ4n) is 1.45. The van der Waals surface area contributed by atoms with Crippen LogP contribution < -0.4 is 5.73 Å². The third kappa shape index (κ3) is 2.75. The minimum absolute atomic E-state index is 0. The fraction of sp³-hybridized carbons (Fsp3) is 0.455. The van der Waals surface area contributed by atoms with E-state index in [1.165, 1.54) is 0 Å². The van der Waals surface area contributed by atoms with Crippen LogP contribution in [0, 0.1) is 35.0 Å². The Labute approximate surface area is 108 Å². The molecule has 1 nitrogen and oxygen atoms in total. The minimum Gasteiger partial charge on any atom is -0.324 e. The third-order valence-electron chi connectivity index (χ3n) is 2.83. The first-order valence-corrected chi connectivity index (χ1v) is 5.09. The lowest BCUT2D eigenvalue weighted by Gasteiger charge is -2.20. The summed E-state index contributed by atoms with van der Waals surface area (Å²) in [5.74, 6) is -10.2. The van der Waals surface area contributed by atoms with E-state index in [1.54, 1.807) is 13.8 Å². The molecular weight excluding hydrogens is 277 g/mol. The molecule has 1 unspecified atom stereocenters. The van der Waals surface area contributed by atoms with Gasteiger partial charge in [0.1, 0.15) is 0 Å². The van der Waals surface area contributed by atoms with Crippen LogP contribution in [0.5, 0.6) is 0 Å². The monoisotopic (exact) mass is 289 g/mol. The van der Waals surface area contributed by atoms with Crippen molar-refractivity contribution in [3.63, 3.8) is 0 Å². The molecule has 0 heterocycles. The van der Waals surface area contributed by atoms with Gasteiger partial charge in [0.25, 0.3) is 0 Å². The maximum absolute atomic E-state index is 13.3. The molecule has 0 radical (unpaired) electrons. The Hall–Kier alpha value is -0.880. The van der Waals surface area contributed by atoms with Crippen molar-refractivity contribution in [3.8, 4) is 0 Å². The molecule has 1 rings (SSSR count). The molecule has 0 saturated carbocycles. The molecule has 0 spiro atoms. The summed E-state index contributed by atoms with van der Waals surface area (Å²) in [7, 11) is 0. The number of hydrogen-bond acceptors (Lipinski definition) is 1. The molecule has 1 aromatic rings. The van der Waals surface area contributed by atoms with Gasteiger partial charge in [-0.1, -0.05) is 20.3 Å². The summed E-state index contributed by atoms with van der Waals surface area (Å²) in [4.78, 5) is 0. The standard InChI is InChI=1S/C11H12F5N.ClH/c1-3-4(2)11(17)5-6(12)8(14)10(16)9(15)7(5)13;/h4,11H,3,17H2,1-2H3;1H/t4?,11-;/m1./s1. The lowest BCUT2D eigenvalue weighted by molar-refractivity contribution is 0.346. The Morgan fingerprint density at radius 3 is 1.56 bits per heavy atom. The highest BCUT2D eigenvalue weighted by Gasteiger charge is 2.30. The number of halogens is 6. The summed E-state index contributed by atoms with van der Waals surface area (Å²) >= 11 is 0. The van der Waals surface area contributed by atoms with Crippen LogP contribution in [0.4, 0.5) is 22.0 Å². The fourth-order valence-corrected chi connectivity index (χ4v) is 1.45. The van der Waals surface area contributed by atoms with E-state index in [2.05, 4.69) is 0 Å². The Morgan fingerprint density at radius 1 is 0.889 bits per heavy atom. The van der Waals surface area contributed by atoms with E-state index in [9.17, 15) is 22.0 Å². The van der Waals surface area contributed by atoms with Gasteiger partial charge in [0.2, 0.25) is 5.82 Å². The van der Waals surface area contributed by atoms with Crippen molar-refractivity contribution < 1.29 is 22.0 Å². The Balaban J connectivity index is 0.00000289. The highest BCUT2D eigenvalue weighted by molar-refractivity contribution is 5.85. The second-order valence-corrected chi connectivity index (χ2v) is 3.89. The summed E-state index contributed by atoms with van der Waals surface area (Å²) in [5.41, 5.74) is 4.55. The van der Waals surface area contributed by atoms with Crippen LogP contribution in [0.25, 0.3) is 0 Å². The average Bonchev–Trinajstić information content (AvgIpc) is 2.32. The first-order valence-electron chi connectivity index (χ1n) is 5.09. The van der Waals surface area contributed by atoms with Crippen molar-refractivity contribution in [3.05, 3.63) is 34.6 Å². The molecule has 1 aromatic carbocycles. The summed E-state index contributed by atoms with van der Waals surface area (Å²) in [5, 5.41) is 0. The summed E-state index contributed by atoms with van der Waals surface area (Å²) < 4.78 is 65.3. The second-order valence-electron chi connectivity index (χ2n) is 3.89. The SMILES string of the molecule is CCC(C)[C@@H](N)c1c(F)c(F)c(F)c(F)c1F.Cl. The summed E-state index contributed by atoms with van der Waals surface area (Å²) in [6, 6.07) is -1.23. The molecule has 0 fully saturated rings. The molecule has 0 aliphatic carbocycles. The first kappa shape index (κ1) is 17.1. The number of nitrogens with two attached hydrogens (primary N) is 1. The van der Waals surface area contributed by atoms with Crippen LogP contribution in [-0.4, -0.2) is 0 Å². The number of benzene rings is 1. The highest BCUT2D eigenvalue weighted by atomic mass is 35.5. The van der Waals surface area contributed by atoms with Crippen molar-refractivity contribution in [1.82, 2.24) is 0 Å². The molecule has 0 aliphatic heterocycles. The highest BCUT2D eigenvalue weighted by Crippen LogP contribution is 2.30. The van der Waals surface area contributed by atoms with Crippen molar-refractivity contribution in [2.24, 2.45) is 11.7 Å². The van der Waals surface area contributed by atoms with E-state index in [4.69, 9.17) is 5.73 Å². The molecule has 2 N–H and O–H groups in total. The van der Waals surface area contributed by atoms with Gasteiger partial charge in [-0.05, 0) is 5.92 Å². The van der Waals surface area contributed by atoms with Gasteiger partial charge in [-0.3, -0.25) is 0 Å². The van der Waals surface area contributed by atoms with Crippen molar-refractivity contribution in [1.29, 1.82) is 0 Å². The molecular formula is C11H13ClF5N. The molecule has 0 aromatic heterocycles. The molecule has 0 bridgehead atoms. The second kappa shape index (κ2) is 6.33. The molecule has 0 aliphatic rings.